The molecule has 0 radical (unpaired) electrons. The molecule has 0 amide bonds. The summed E-state index contributed by atoms with van der Waals surface area (Å²) < 4.78 is 3.73. The van der Waals surface area contributed by atoms with Gasteiger partial charge in [0.1, 0.15) is 5.69 Å². The summed E-state index contributed by atoms with van der Waals surface area (Å²) in [5.74, 6) is 0. The molecule has 6 heteroatoms. The van der Waals surface area contributed by atoms with Crippen LogP contribution in [0, 0.1) is 6.92 Å². The number of hydrogen-bond acceptors (Lipinski definition) is 3. The third-order valence-corrected chi connectivity index (χ3v) is 4.74. The molecule has 0 fully saturated rings. The Morgan fingerprint density at radius 3 is 2.31 bits per heavy atom. The Morgan fingerprint density at radius 2 is 1.65 bits per heavy atom. The predicted octanol–water partition coefficient (Wildman–Crippen LogP) is 4.64. The molecular formula is C20H18ClN5. The SMILES string of the molecule is CCc1cnn(-c2ccc(-n3cc(-c4ccc(Cl)cc4)nn3)cc2)c1C. The zero-order valence-corrected chi connectivity index (χ0v) is 15.4. The van der Waals surface area contributed by atoms with Gasteiger partial charge in [0.05, 0.1) is 23.8 Å². The zero-order valence-electron chi connectivity index (χ0n) is 14.6. The second-order valence-corrected chi connectivity index (χ2v) is 6.53. The molecule has 4 rings (SSSR count). The van der Waals surface area contributed by atoms with Gasteiger partial charge >= 0.3 is 0 Å². The molecule has 0 saturated heterocycles. The highest BCUT2D eigenvalue weighted by Gasteiger charge is 2.08. The van der Waals surface area contributed by atoms with Crippen molar-refractivity contribution in [3.8, 4) is 22.6 Å². The molecule has 5 nitrogen and oxygen atoms in total. The van der Waals surface area contributed by atoms with Gasteiger partial charge in [0, 0.05) is 16.3 Å². The van der Waals surface area contributed by atoms with Gasteiger partial charge in [-0.2, -0.15) is 5.10 Å². The molecule has 0 aliphatic rings. The van der Waals surface area contributed by atoms with Crippen molar-refractivity contribution in [3.05, 3.63) is 77.2 Å². The lowest BCUT2D eigenvalue weighted by molar-refractivity contribution is 0.800. The van der Waals surface area contributed by atoms with Crippen LogP contribution in [-0.4, -0.2) is 24.8 Å². The highest BCUT2D eigenvalue weighted by molar-refractivity contribution is 6.30. The summed E-state index contributed by atoms with van der Waals surface area (Å²) in [6.45, 7) is 4.23. The molecule has 0 aliphatic carbocycles. The molecule has 2 aromatic carbocycles. The summed E-state index contributed by atoms with van der Waals surface area (Å²) in [6.07, 6.45) is 4.82. The Hall–Kier alpha value is -2.92. The van der Waals surface area contributed by atoms with Crippen LogP contribution < -0.4 is 0 Å². The van der Waals surface area contributed by atoms with E-state index < -0.39 is 0 Å². The van der Waals surface area contributed by atoms with Crippen molar-refractivity contribution in [1.29, 1.82) is 0 Å². The molecule has 4 aromatic rings. The van der Waals surface area contributed by atoms with E-state index in [9.17, 15) is 0 Å². The van der Waals surface area contributed by atoms with E-state index in [1.54, 1.807) is 4.68 Å². The lowest BCUT2D eigenvalue weighted by atomic mass is 10.2. The second-order valence-electron chi connectivity index (χ2n) is 6.09. The summed E-state index contributed by atoms with van der Waals surface area (Å²) in [6, 6.07) is 15.7. The first-order valence-corrected chi connectivity index (χ1v) is 8.86. The van der Waals surface area contributed by atoms with Gasteiger partial charge in [-0.25, -0.2) is 9.36 Å². The smallest absolute Gasteiger partial charge is 0.113 e. The number of halogens is 1. The van der Waals surface area contributed by atoms with Crippen molar-refractivity contribution in [2.24, 2.45) is 0 Å². The molecule has 2 aromatic heterocycles. The third-order valence-electron chi connectivity index (χ3n) is 4.48. The van der Waals surface area contributed by atoms with Gasteiger partial charge in [-0.05, 0) is 55.3 Å². The maximum absolute atomic E-state index is 5.94. The Balaban J connectivity index is 1.61. The van der Waals surface area contributed by atoms with E-state index in [2.05, 4.69) is 29.3 Å². The molecule has 26 heavy (non-hydrogen) atoms. The molecule has 0 spiro atoms. The van der Waals surface area contributed by atoms with Crippen molar-refractivity contribution in [1.82, 2.24) is 24.8 Å². The first-order chi connectivity index (χ1) is 12.7. The van der Waals surface area contributed by atoms with E-state index in [1.807, 2.05) is 65.6 Å². The molecular weight excluding hydrogens is 346 g/mol. The Bertz CT molecular complexity index is 1030. The topological polar surface area (TPSA) is 48.5 Å². The minimum absolute atomic E-state index is 0.705. The van der Waals surface area contributed by atoms with E-state index in [-0.39, 0.29) is 0 Å². The highest BCUT2D eigenvalue weighted by Crippen LogP contribution is 2.21. The van der Waals surface area contributed by atoms with Crippen LogP contribution in [-0.2, 0) is 6.42 Å². The lowest BCUT2D eigenvalue weighted by Crippen LogP contribution is -2.01. The quantitative estimate of drug-likeness (QED) is 0.530. The summed E-state index contributed by atoms with van der Waals surface area (Å²) in [7, 11) is 0. The van der Waals surface area contributed by atoms with Crippen LogP contribution in [0.2, 0.25) is 5.02 Å². The number of aromatic nitrogens is 5. The fourth-order valence-corrected chi connectivity index (χ4v) is 3.07. The van der Waals surface area contributed by atoms with Crippen LogP contribution in [0.3, 0.4) is 0 Å². The van der Waals surface area contributed by atoms with Gasteiger partial charge in [-0.3, -0.25) is 0 Å². The Morgan fingerprint density at radius 1 is 0.962 bits per heavy atom. The predicted molar refractivity (Wildman–Crippen MR) is 103 cm³/mol. The average Bonchev–Trinajstić information content (AvgIpc) is 3.29. The maximum Gasteiger partial charge on any atom is 0.113 e. The average molecular weight is 364 g/mol. The molecule has 0 saturated carbocycles. The minimum Gasteiger partial charge on any atom is -0.238 e. The van der Waals surface area contributed by atoms with E-state index in [4.69, 9.17) is 11.6 Å². The van der Waals surface area contributed by atoms with Gasteiger partial charge in [-0.15, -0.1) is 5.10 Å². The van der Waals surface area contributed by atoms with E-state index in [1.165, 1.54) is 11.3 Å². The standard InChI is InChI=1S/C20H18ClN5/c1-3-15-12-22-26(14(15)2)19-10-8-18(9-11-19)25-13-20(23-24-25)16-4-6-17(21)7-5-16/h4-13H,3H2,1-2H3. The van der Waals surface area contributed by atoms with E-state index in [0.29, 0.717) is 5.02 Å². The normalized spacial score (nSPS) is 11.0. The number of benzene rings is 2. The molecule has 0 aliphatic heterocycles. The van der Waals surface area contributed by atoms with Gasteiger partial charge < -0.3 is 0 Å². The summed E-state index contributed by atoms with van der Waals surface area (Å²) >= 11 is 5.94. The summed E-state index contributed by atoms with van der Waals surface area (Å²) in [5.41, 5.74) is 6.20. The number of aryl methyl sites for hydroxylation is 1. The molecule has 0 unspecified atom stereocenters. The third kappa shape index (κ3) is 3.02. The Kier molecular flexibility index (Phi) is 4.31. The fourth-order valence-electron chi connectivity index (χ4n) is 2.94. The van der Waals surface area contributed by atoms with Crippen LogP contribution >= 0.6 is 11.6 Å². The molecule has 0 atom stereocenters. The maximum atomic E-state index is 5.94. The summed E-state index contributed by atoms with van der Waals surface area (Å²) in [5, 5.41) is 13.7. The number of rotatable bonds is 4. The van der Waals surface area contributed by atoms with Crippen molar-refractivity contribution >= 4 is 11.6 Å². The van der Waals surface area contributed by atoms with Crippen molar-refractivity contribution in [2.75, 3.05) is 0 Å². The van der Waals surface area contributed by atoms with Crippen molar-refractivity contribution < 1.29 is 0 Å². The molecule has 2 heterocycles. The monoisotopic (exact) mass is 363 g/mol. The van der Waals surface area contributed by atoms with Crippen LogP contribution in [0.15, 0.2) is 60.9 Å². The van der Waals surface area contributed by atoms with Crippen LogP contribution in [0.1, 0.15) is 18.2 Å². The first-order valence-electron chi connectivity index (χ1n) is 8.48. The molecule has 130 valence electrons. The first kappa shape index (κ1) is 16.5. The van der Waals surface area contributed by atoms with Crippen LogP contribution in [0.25, 0.3) is 22.6 Å². The molecule has 0 N–H and O–H groups in total. The van der Waals surface area contributed by atoms with Gasteiger partial charge in [-0.1, -0.05) is 35.9 Å². The number of nitrogens with zero attached hydrogens (tertiary/aromatic N) is 5. The lowest BCUT2D eigenvalue weighted by Gasteiger charge is -2.06. The van der Waals surface area contributed by atoms with E-state index >= 15 is 0 Å². The van der Waals surface area contributed by atoms with Gasteiger partial charge in [0.2, 0.25) is 0 Å². The Labute approximate surface area is 156 Å². The highest BCUT2D eigenvalue weighted by atomic mass is 35.5. The van der Waals surface area contributed by atoms with Crippen molar-refractivity contribution in [2.45, 2.75) is 20.3 Å². The number of hydrogen-bond donors (Lipinski definition) is 0. The van der Waals surface area contributed by atoms with Crippen molar-refractivity contribution in [3.63, 3.8) is 0 Å². The van der Waals surface area contributed by atoms with Gasteiger partial charge in [0.15, 0.2) is 0 Å². The zero-order chi connectivity index (χ0) is 18.1. The second kappa shape index (κ2) is 6.77. The van der Waals surface area contributed by atoms with Crippen LogP contribution in [0.4, 0.5) is 0 Å². The molecule has 0 bridgehead atoms. The van der Waals surface area contributed by atoms with Gasteiger partial charge in [0.25, 0.3) is 0 Å². The fraction of sp³-hybridized carbons (Fsp3) is 0.150. The summed E-state index contributed by atoms with van der Waals surface area (Å²) in [4.78, 5) is 0. The minimum atomic E-state index is 0.705. The largest absolute Gasteiger partial charge is 0.238 e. The van der Waals surface area contributed by atoms with Crippen LogP contribution in [0.5, 0.6) is 0 Å². The van der Waals surface area contributed by atoms with E-state index in [0.717, 1.165) is 29.1 Å².